The third-order valence-electron chi connectivity index (χ3n) is 3.80. The molecule has 0 saturated carbocycles. The molecule has 2 aromatic carbocycles. The van der Waals surface area contributed by atoms with E-state index in [9.17, 15) is 4.79 Å². The van der Waals surface area contributed by atoms with Crippen LogP contribution >= 0.6 is 12.2 Å². The van der Waals surface area contributed by atoms with Gasteiger partial charge in [-0.2, -0.15) is 0 Å². The molecule has 5 nitrogen and oxygen atoms in total. The van der Waals surface area contributed by atoms with Gasteiger partial charge in [0.25, 0.3) is 5.91 Å². The zero-order chi connectivity index (χ0) is 18.4. The molecule has 0 bridgehead atoms. The summed E-state index contributed by atoms with van der Waals surface area (Å²) in [6, 6.07) is 13.5. The third-order valence-corrected chi connectivity index (χ3v) is 4.01. The van der Waals surface area contributed by atoms with Gasteiger partial charge in [-0.15, -0.1) is 0 Å². The average molecular weight is 357 g/mol. The number of nitrogens with one attached hydrogen (secondary N) is 3. The molecule has 2 aromatic rings. The molecule has 25 heavy (non-hydrogen) atoms. The quantitative estimate of drug-likeness (QED) is 0.578. The van der Waals surface area contributed by atoms with Crippen molar-refractivity contribution in [1.29, 1.82) is 0 Å². The second kappa shape index (κ2) is 8.48. The Labute approximate surface area is 153 Å². The summed E-state index contributed by atoms with van der Waals surface area (Å²) >= 11 is 5.17. The maximum Gasteiger partial charge on any atom is 0.279 e. The Hall–Kier alpha value is -2.60. The molecule has 0 unspecified atom stereocenters. The van der Waals surface area contributed by atoms with Crippen LogP contribution in [0.5, 0.6) is 5.75 Å². The SMILES string of the molecule is Cc1cccc(NC(=S)NNC(=O)[C@@H](C)Oc2cccc(C)c2C)c1. The van der Waals surface area contributed by atoms with E-state index in [2.05, 4.69) is 16.2 Å². The minimum absolute atomic E-state index is 0.304. The molecule has 0 spiro atoms. The van der Waals surface area contributed by atoms with Crippen LogP contribution in [0.4, 0.5) is 5.69 Å². The maximum absolute atomic E-state index is 12.2. The first-order valence-electron chi connectivity index (χ1n) is 8.03. The third kappa shape index (κ3) is 5.46. The Bertz CT molecular complexity index is 777. The van der Waals surface area contributed by atoms with Crippen molar-refractivity contribution in [1.82, 2.24) is 10.9 Å². The van der Waals surface area contributed by atoms with Gasteiger partial charge in [0.1, 0.15) is 5.75 Å². The second-order valence-electron chi connectivity index (χ2n) is 5.90. The Morgan fingerprint density at radius 2 is 1.80 bits per heavy atom. The number of hydrazine groups is 1. The molecule has 0 fully saturated rings. The number of hydrogen-bond acceptors (Lipinski definition) is 3. The molecule has 6 heteroatoms. The molecule has 1 amide bonds. The van der Waals surface area contributed by atoms with Gasteiger partial charge in [0.05, 0.1) is 0 Å². The monoisotopic (exact) mass is 357 g/mol. The van der Waals surface area contributed by atoms with Gasteiger partial charge >= 0.3 is 0 Å². The summed E-state index contributed by atoms with van der Waals surface area (Å²) in [5.41, 5.74) is 9.35. The normalized spacial score (nSPS) is 11.4. The van der Waals surface area contributed by atoms with Crippen molar-refractivity contribution in [2.45, 2.75) is 33.8 Å². The zero-order valence-electron chi connectivity index (χ0n) is 14.8. The van der Waals surface area contributed by atoms with Crippen molar-refractivity contribution in [3.05, 3.63) is 59.2 Å². The number of aryl methyl sites for hydroxylation is 2. The van der Waals surface area contributed by atoms with Crippen LogP contribution in [0.25, 0.3) is 0 Å². The molecule has 2 rings (SSSR count). The molecule has 0 aliphatic rings. The molecule has 0 aromatic heterocycles. The van der Waals surface area contributed by atoms with Crippen molar-refractivity contribution < 1.29 is 9.53 Å². The van der Waals surface area contributed by atoms with Gasteiger partial charge in [-0.3, -0.25) is 15.6 Å². The highest BCUT2D eigenvalue weighted by Gasteiger charge is 2.16. The highest BCUT2D eigenvalue weighted by molar-refractivity contribution is 7.80. The predicted octanol–water partition coefficient (Wildman–Crippen LogP) is 3.40. The molecule has 0 radical (unpaired) electrons. The predicted molar refractivity (Wildman–Crippen MR) is 105 cm³/mol. The second-order valence-corrected chi connectivity index (χ2v) is 6.30. The number of anilines is 1. The van der Waals surface area contributed by atoms with Crippen LogP contribution in [-0.4, -0.2) is 17.1 Å². The number of carbonyl (C=O) groups excluding carboxylic acids is 1. The summed E-state index contributed by atoms with van der Waals surface area (Å²) in [5.74, 6) is 0.386. The first kappa shape index (κ1) is 18.7. The minimum atomic E-state index is -0.658. The number of hydrogen-bond donors (Lipinski definition) is 3. The van der Waals surface area contributed by atoms with Crippen molar-refractivity contribution in [3.63, 3.8) is 0 Å². The minimum Gasteiger partial charge on any atom is -0.481 e. The van der Waals surface area contributed by atoms with Crippen molar-refractivity contribution in [2.24, 2.45) is 0 Å². The zero-order valence-corrected chi connectivity index (χ0v) is 15.7. The maximum atomic E-state index is 12.2. The molecule has 132 valence electrons. The van der Waals surface area contributed by atoms with Crippen LogP contribution in [0, 0.1) is 20.8 Å². The first-order valence-corrected chi connectivity index (χ1v) is 8.44. The van der Waals surface area contributed by atoms with Gasteiger partial charge in [-0.05, 0) is 74.8 Å². The fourth-order valence-corrected chi connectivity index (χ4v) is 2.37. The Morgan fingerprint density at radius 1 is 1.08 bits per heavy atom. The standard InChI is InChI=1S/C19H23N3O2S/c1-12-7-5-9-16(11-12)20-19(25)22-21-18(23)15(4)24-17-10-6-8-13(2)14(17)3/h5-11,15H,1-4H3,(H,21,23)(H2,20,22,25)/t15-/m1/s1. The number of carbonyl (C=O) groups is 1. The molecule has 1 atom stereocenters. The van der Waals surface area contributed by atoms with E-state index in [4.69, 9.17) is 17.0 Å². The van der Waals surface area contributed by atoms with Gasteiger partial charge in [-0.1, -0.05) is 24.3 Å². The molecule has 0 heterocycles. The first-order chi connectivity index (χ1) is 11.9. The van der Waals surface area contributed by atoms with Crippen LogP contribution in [-0.2, 0) is 4.79 Å². The largest absolute Gasteiger partial charge is 0.481 e. The van der Waals surface area contributed by atoms with Crippen LogP contribution < -0.4 is 20.9 Å². The number of rotatable bonds is 4. The number of amides is 1. The van der Waals surface area contributed by atoms with Gasteiger partial charge < -0.3 is 10.1 Å². The molecule has 0 saturated heterocycles. The van der Waals surface area contributed by atoms with Gasteiger partial charge in [0.15, 0.2) is 11.2 Å². The van der Waals surface area contributed by atoms with E-state index < -0.39 is 6.10 Å². The van der Waals surface area contributed by atoms with Gasteiger partial charge in [-0.25, -0.2) is 0 Å². The van der Waals surface area contributed by atoms with Crippen molar-refractivity contribution in [2.75, 3.05) is 5.32 Å². The highest BCUT2D eigenvalue weighted by Crippen LogP contribution is 2.21. The van der Waals surface area contributed by atoms with Crippen molar-refractivity contribution >= 4 is 28.9 Å². The Kier molecular flexibility index (Phi) is 6.36. The average Bonchev–Trinajstić information content (AvgIpc) is 2.56. The molecule has 0 aliphatic carbocycles. The lowest BCUT2D eigenvalue weighted by Gasteiger charge is -2.18. The van der Waals surface area contributed by atoms with Gasteiger partial charge in [0.2, 0.25) is 0 Å². The smallest absolute Gasteiger partial charge is 0.279 e. The van der Waals surface area contributed by atoms with E-state index in [1.54, 1.807) is 6.92 Å². The Morgan fingerprint density at radius 3 is 2.52 bits per heavy atom. The van der Waals surface area contributed by atoms with Crippen molar-refractivity contribution in [3.8, 4) is 5.75 Å². The molecule has 3 N–H and O–H groups in total. The Balaban J connectivity index is 1.84. The van der Waals surface area contributed by atoms with Crippen LogP contribution in [0.3, 0.4) is 0 Å². The summed E-state index contributed by atoms with van der Waals surface area (Å²) in [7, 11) is 0. The molecular weight excluding hydrogens is 334 g/mol. The van der Waals surface area contributed by atoms with Gasteiger partial charge in [0, 0.05) is 5.69 Å². The van der Waals surface area contributed by atoms with E-state index in [-0.39, 0.29) is 5.91 Å². The number of benzene rings is 2. The summed E-state index contributed by atoms with van der Waals surface area (Å²) in [6.45, 7) is 7.66. The van der Waals surface area contributed by atoms with E-state index in [1.165, 1.54) is 0 Å². The number of ether oxygens (including phenoxy) is 1. The molecule has 0 aliphatic heterocycles. The topological polar surface area (TPSA) is 62.4 Å². The fraction of sp³-hybridized carbons (Fsp3) is 0.263. The van der Waals surface area contributed by atoms with E-state index in [1.807, 2.05) is 63.2 Å². The highest BCUT2D eigenvalue weighted by atomic mass is 32.1. The van der Waals surface area contributed by atoms with Crippen LogP contribution in [0.1, 0.15) is 23.6 Å². The fourth-order valence-electron chi connectivity index (χ4n) is 2.20. The number of thiocarbonyl (C=S) groups is 1. The lowest BCUT2D eigenvalue weighted by Crippen LogP contribution is -2.48. The lowest BCUT2D eigenvalue weighted by molar-refractivity contribution is -0.127. The summed E-state index contributed by atoms with van der Waals surface area (Å²) in [4.78, 5) is 12.2. The summed E-state index contributed by atoms with van der Waals surface area (Å²) in [6.07, 6.45) is -0.658. The molecular formula is C19H23N3O2S. The van der Waals surface area contributed by atoms with E-state index in [0.717, 1.165) is 22.4 Å². The van der Waals surface area contributed by atoms with E-state index in [0.29, 0.717) is 10.9 Å². The van der Waals surface area contributed by atoms with E-state index >= 15 is 0 Å². The lowest BCUT2D eigenvalue weighted by atomic mass is 10.1. The van der Waals surface area contributed by atoms with Crippen LogP contribution in [0.15, 0.2) is 42.5 Å². The summed E-state index contributed by atoms with van der Waals surface area (Å²) in [5, 5.41) is 3.31. The van der Waals surface area contributed by atoms with Crippen LogP contribution in [0.2, 0.25) is 0 Å². The summed E-state index contributed by atoms with van der Waals surface area (Å²) < 4.78 is 5.74.